The number of anilines is 1. The van der Waals surface area contributed by atoms with Gasteiger partial charge in [0, 0.05) is 16.2 Å². The first kappa shape index (κ1) is 20.5. The van der Waals surface area contributed by atoms with Crippen LogP contribution in [0, 0.1) is 0 Å². The third kappa shape index (κ3) is 3.73. The molecule has 0 aromatic heterocycles. The van der Waals surface area contributed by atoms with Crippen LogP contribution in [-0.2, 0) is 14.3 Å². The van der Waals surface area contributed by atoms with Crippen LogP contribution in [-0.4, -0.2) is 37.5 Å². The van der Waals surface area contributed by atoms with Gasteiger partial charge in [0.15, 0.2) is 11.5 Å². The highest BCUT2D eigenvalue weighted by Gasteiger charge is 2.38. The number of benzene rings is 2. The Morgan fingerprint density at radius 2 is 1.90 bits per heavy atom. The van der Waals surface area contributed by atoms with E-state index in [0.717, 1.165) is 4.90 Å². The van der Waals surface area contributed by atoms with Crippen LogP contribution in [0.4, 0.5) is 5.69 Å². The Hall–Kier alpha value is -3.19. The number of nitrogens with zero attached hydrogens (tertiary/aromatic N) is 1. The lowest BCUT2D eigenvalue weighted by Gasteiger charge is -2.18. The first-order valence-electron chi connectivity index (χ1n) is 8.78. The zero-order valence-electron chi connectivity index (χ0n) is 16.6. The summed E-state index contributed by atoms with van der Waals surface area (Å²) in [5.41, 5.74) is 1.79. The van der Waals surface area contributed by atoms with Crippen LogP contribution in [0.5, 0.6) is 11.5 Å². The zero-order valence-corrected chi connectivity index (χ0v) is 17.4. The van der Waals surface area contributed by atoms with E-state index in [1.54, 1.807) is 36.9 Å². The molecular formula is C22H21NO5S. The molecule has 0 bridgehead atoms. The molecule has 0 saturated heterocycles. The number of aromatic hydroxyl groups is 1. The maximum absolute atomic E-state index is 13.3. The summed E-state index contributed by atoms with van der Waals surface area (Å²) >= 11 is 1.56. The molecule has 0 saturated carbocycles. The van der Waals surface area contributed by atoms with Crippen LogP contribution in [0.2, 0.25) is 0 Å². The van der Waals surface area contributed by atoms with E-state index in [-0.39, 0.29) is 28.6 Å². The number of carbonyl (C=O) groups excluding carboxylic acids is 2. The molecule has 0 fully saturated rings. The second-order valence-electron chi connectivity index (χ2n) is 6.25. The van der Waals surface area contributed by atoms with Gasteiger partial charge in [0.25, 0.3) is 5.91 Å². The van der Waals surface area contributed by atoms with Crippen molar-refractivity contribution < 1.29 is 24.2 Å². The maximum atomic E-state index is 13.3. The van der Waals surface area contributed by atoms with E-state index in [2.05, 4.69) is 0 Å². The van der Waals surface area contributed by atoms with Gasteiger partial charge < -0.3 is 14.6 Å². The van der Waals surface area contributed by atoms with Gasteiger partial charge in [-0.1, -0.05) is 18.2 Å². The Balaban J connectivity index is 2.17. The van der Waals surface area contributed by atoms with Gasteiger partial charge in [-0.15, -0.1) is 11.8 Å². The Morgan fingerprint density at radius 3 is 2.55 bits per heavy atom. The number of hydrogen-bond donors (Lipinski definition) is 1. The molecule has 3 rings (SSSR count). The average Bonchev–Trinajstić information content (AvgIpc) is 2.98. The molecule has 0 unspecified atom stereocenters. The summed E-state index contributed by atoms with van der Waals surface area (Å²) in [4.78, 5) is 28.3. The van der Waals surface area contributed by atoms with Crippen molar-refractivity contribution in [2.24, 2.45) is 0 Å². The molecule has 29 heavy (non-hydrogen) atoms. The number of thioether (sulfide) groups is 1. The van der Waals surface area contributed by atoms with Crippen molar-refractivity contribution in [2.75, 3.05) is 25.4 Å². The molecule has 0 atom stereocenters. The van der Waals surface area contributed by atoms with Gasteiger partial charge in [0.2, 0.25) is 0 Å². The Labute approximate surface area is 173 Å². The summed E-state index contributed by atoms with van der Waals surface area (Å²) in [7, 11) is 2.71. The number of amides is 1. The molecule has 2 aromatic carbocycles. The summed E-state index contributed by atoms with van der Waals surface area (Å²) in [6.07, 6.45) is 3.43. The minimum Gasteiger partial charge on any atom is -0.504 e. The Bertz CT molecular complexity index is 1040. The third-order valence-corrected chi connectivity index (χ3v) is 5.38. The van der Waals surface area contributed by atoms with Crippen molar-refractivity contribution in [3.05, 3.63) is 64.9 Å². The van der Waals surface area contributed by atoms with Crippen molar-refractivity contribution >= 4 is 35.4 Å². The molecule has 7 heteroatoms. The van der Waals surface area contributed by atoms with Gasteiger partial charge in [-0.05, 0) is 43.5 Å². The van der Waals surface area contributed by atoms with E-state index in [1.165, 1.54) is 25.2 Å². The standard InChI is InChI=1S/C22H21NO5S/c1-13-19(22(26)28-3)17(11-14-7-5-10-18(27-2)20(14)24)21(25)23(13)15-8-6-9-16(12-15)29-4/h5-12,24H,1-4H3/b17-11-. The summed E-state index contributed by atoms with van der Waals surface area (Å²) < 4.78 is 10.0. The summed E-state index contributed by atoms with van der Waals surface area (Å²) in [5.74, 6) is -0.828. The molecule has 1 aliphatic heterocycles. The van der Waals surface area contributed by atoms with Crippen molar-refractivity contribution in [3.63, 3.8) is 0 Å². The molecule has 1 N–H and O–H groups in total. The molecule has 150 valence electrons. The largest absolute Gasteiger partial charge is 0.504 e. The fraction of sp³-hybridized carbons (Fsp3) is 0.182. The van der Waals surface area contributed by atoms with Crippen LogP contribution < -0.4 is 9.64 Å². The van der Waals surface area contributed by atoms with Gasteiger partial charge >= 0.3 is 5.97 Å². The average molecular weight is 411 g/mol. The number of allylic oxidation sites excluding steroid dienone is 1. The van der Waals surface area contributed by atoms with Crippen LogP contribution in [0.25, 0.3) is 6.08 Å². The Morgan fingerprint density at radius 1 is 1.17 bits per heavy atom. The lowest BCUT2D eigenvalue weighted by atomic mass is 10.0. The van der Waals surface area contributed by atoms with Crippen LogP contribution in [0.1, 0.15) is 12.5 Å². The molecule has 2 aromatic rings. The normalized spacial score (nSPS) is 15.2. The highest BCUT2D eigenvalue weighted by Crippen LogP contribution is 2.38. The van der Waals surface area contributed by atoms with E-state index in [0.29, 0.717) is 16.9 Å². The smallest absolute Gasteiger partial charge is 0.340 e. The molecule has 1 heterocycles. The summed E-state index contributed by atoms with van der Waals surface area (Å²) in [5, 5.41) is 10.4. The number of ether oxygens (including phenoxy) is 2. The molecule has 0 spiro atoms. The number of phenols is 1. The number of esters is 1. The topological polar surface area (TPSA) is 76.1 Å². The second-order valence-corrected chi connectivity index (χ2v) is 7.13. The highest BCUT2D eigenvalue weighted by atomic mass is 32.2. The van der Waals surface area contributed by atoms with Crippen molar-refractivity contribution in [1.82, 2.24) is 0 Å². The van der Waals surface area contributed by atoms with E-state index >= 15 is 0 Å². The minimum atomic E-state index is -0.618. The van der Waals surface area contributed by atoms with Gasteiger partial charge in [-0.25, -0.2) is 4.79 Å². The monoisotopic (exact) mass is 411 g/mol. The fourth-order valence-electron chi connectivity index (χ4n) is 3.22. The first-order chi connectivity index (χ1) is 13.9. The Kier molecular flexibility index (Phi) is 5.98. The zero-order chi connectivity index (χ0) is 21.1. The molecule has 1 amide bonds. The van der Waals surface area contributed by atoms with Gasteiger partial charge in [0.05, 0.1) is 31.1 Å². The molecule has 0 radical (unpaired) electrons. The highest BCUT2D eigenvalue weighted by molar-refractivity contribution is 7.98. The SMILES string of the molecule is COC(=O)C1=C(C)N(c2cccc(SC)c2)C(=O)/C1=C\c1cccc(OC)c1O. The van der Waals surface area contributed by atoms with Crippen LogP contribution in [0.15, 0.2) is 64.2 Å². The van der Waals surface area contributed by atoms with Crippen molar-refractivity contribution in [2.45, 2.75) is 11.8 Å². The predicted octanol–water partition coefficient (Wildman–Crippen LogP) is 4.00. The lowest BCUT2D eigenvalue weighted by Crippen LogP contribution is -2.24. The van der Waals surface area contributed by atoms with Crippen molar-refractivity contribution in [1.29, 1.82) is 0 Å². The van der Waals surface area contributed by atoms with E-state index < -0.39 is 5.97 Å². The van der Waals surface area contributed by atoms with E-state index in [4.69, 9.17) is 9.47 Å². The predicted molar refractivity (Wildman–Crippen MR) is 113 cm³/mol. The lowest BCUT2D eigenvalue weighted by molar-refractivity contribution is -0.136. The number of hydrogen-bond acceptors (Lipinski definition) is 6. The van der Waals surface area contributed by atoms with E-state index in [9.17, 15) is 14.7 Å². The molecular weight excluding hydrogens is 390 g/mol. The van der Waals surface area contributed by atoms with E-state index in [1.807, 2.05) is 30.5 Å². The molecule has 6 nitrogen and oxygen atoms in total. The summed E-state index contributed by atoms with van der Waals surface area (Å²) in [6.45, 7) is 1.70. The fourth-order valence-corrected chi connectivity index (χ4v) is 3.67. The number of phenolic OH excluding ortho intramolecular Hbond substituents is 1. The quantitative estimate of drug-likeness (QED) is 0.455. The van der Waals surface area contributed by atoms with Gasteiger partial charge in [-0.3, -0.25) is 9.69 Å². The number of para-hydroxylation sites is 1. The maximum Gasteiger partial charge on any atom is 0.340 e. The number of carbonyl (C=O) groups is 2. The van der Waals surface area contributed by atoms with Crippen molar-refractivity contribution in [3.8, 4) is 11.5 Å². The van der Waals surface area contributed by atoms with Gasteiger partial charge in [-0.2, -0.15) is 0 Å². The number of rotatable bonds is 5. The van der Waals surface area contributed by atoms with Gasteiger partial charge in [0.1, 0.15) is 0 Å². The molecule has 0 aliphatic carbocycles. The summed E-state index contributed by atoms with van der Waals surface area (Å²) in [6, 6.07) is 12.4. The molecule has 1 aliphatic rings. The van der Waals surface area contributed by atoms with Crippen LogP contribution >= 0.6 is 11.8 Å². The third-order valence-electron chi connectivity index (χ3n) is 4.65. The minimum absolute atomic E-state index is 0.111. The van der Waals surface area contributed by atoms with Crippen LogP contribution in [0.3, 0.4) is 0 Å². The first-order valence-corrected chi connectivity index (χ1v) is 10.0. The number of methoxy groups -OCH3 is 2. The second kappa shape index (κ2) is 8.45.